The van der Waals surface area contributed by atoms with Crippen molar-refractivity contribution in [2.75, 3.05) is 20.2 Å². The number of allylic oxidation sites excluding steroid dienone is 2. The largest absolute Gasteiger partial charge is 0.490 e. The van der Waals surface area contributed by atoms with E-state index in [1.54, 1.807) is 13.3 Å². The van der Waals surface area contributed by atoms with E-state index in [-0.39, 0.29) is 6.10 Å². The maximum absolute atomic E-state index is 6.47. The van der Waals surface area contributed by atoms with Crippen molar-refractivity contribution in [3.63, 3.8) is 0 Å². The molecule has 4 nitrogen and oxygen atoms in total. The Balaban J connectivity index is 1.69. The fourth-order valence-corrected chi connectivity index (χ4v) is 3.36. The molecular formula is C19H23ClN2O2. The van der Waals surface area contributed by atoms with Gasteiger partial charge in [0.25, 0.3) is 0 Å². The number of ether oxygens (including phenoxy) is 2. The summed E-state index contributed by atoms with van der Waals surface area (Å²) in [6.45, 7) is 4.03. The Kier molecular flexibility index (Phi) is 5.46. The van der Waals surface area contributed by atoms with Crippen LogP contribution in [0.1, 0.15) is 19.8 Å². The molecule has 2 aliphatic rings. The average molecular weight is 347 g/mol. The van der Waals surface area contributed by atoms with E-state index in [0.29, 0.717) is 18.2 Å². The molecule has 128 valence electrons. The molecule has 2 heterocycles. The number of rotatable bonds is 4. The molecule has 0 radical (unpaired) electrons. The molecule has 0 amide bonds. The quantitative estimate of drug-likeness (QED) is 0.819. The van der Waals surface area contributed by atoms with Gasteiger partial charge in [0.15, 0.2) is 0 Å². The van der Waals surface area contributed by atoms with Crippen LogP contribution in [0.3, 0.4) is 0 Å². The van der Waals surface area contributed by atoms with Crippen molar-refractivity contribution < 1.29 is 9.47 Å². The van der Waals surface area contributed by atoms with E-state index in [9.17, 15) is 0 Å². The van der Waals surface area contributed by atoms with Crippen LogP contribution in [0.15, 0.2) is 58.0 Å². The predicted molar refractivity (Wildman–Crippen MR) is 97.3 cm³/mol. The van der Waals surface area contributed by atoms with Gasteiger partial charge in [-0.15, -0.1) is 0 Å². The second-order valence-corrected chi connectivity index (χ2v) is 6.63. The summed E-state index contributed by atoms with van der Waals surface area (Å²) in [4.78, 5) is 6.57. The number of likely N-dealkylation sites (tertiary alicyclic amines) is 1. The molecular weight excluding hydrogens is 324 g/mol. The third-order valence-corrected chi connectivity index (χ3v) is 4.78. The molecule has 2 aliphatic heterocycles. The smallest absolute Gasteiger partial charge is 0.214 e. The van der Waals surface area contributed by atoms with Gasteiger partial charge in [0.2, 0.25) is 5.88 Å². The molecule has 0 aliphatic carbocycles. The molecule has 2 unspecified atom stereocenters. The Hall–Kier alpha value is -1.94. The van der Waals surface area contributed by atoms with Crippen molar-refractivity contribution in [3.8, 4) is 5.75 Å². The standard InChI is InChI=1S/C19H23ClN2O2/c1-14-13-22(17-12-19(23-2)21-10-8-16(17)20)11-9-18(14)24-15-6-4-3-5-7-15/h3-7,10,12,14,18H,8-9,11,13H2,1-2H3. The normalized spacial score (nSPS) is 24.5. The van der Waals surface area contributed by atoms with Gasteiger partial charge in [-0.2, -0.15) is 0 Å². The van der Waals surface area contributed by atoms with Crippen LogP contribution in [0, 0.1) is 5.92 Å². The molecule has 0 bridgehead atoms. The predicted octanol–water partition coefficient (Wildman–Crippen LogP) is 4.19. The van der Waals surface area contributed by atoms with Crippen molar-refractivity contribution in [2.45, 2.75) is 25.9 Å². The summed E-state index contributed by atoms with van der Waals surface area (Å²) < 4.78 is 11.4. The van der Waals surface area contributed by atoms with E-state index in [4.69, 9.17) is 21.1 Å². The van der Waals surface area contributed by atoms with Gasteiger partial charge in [-0.05, 0) is 12.1 Å². The first-order valence-electron chi connectivity index (χ1n) is 8.31. The molecule has 1 aromatic rings. The molecule has 0 saturated carbocycles. The second kappa shape index (κ2) is 7.75. The lowest BCUT2D eigenvalue weighted by atomic mass is 9.95. The van der Waals surface area contributed by atoms with Crippen molar-refractivity contribution in [2.24, 2.45) is 10.9 Å². The van der Waals surface area contributed by atoms with Gasteiger partial charge in [0, 0.05) is 49.2 Å². The molecule has 1 aromatic carbocycles. The van der Waals surface area contributed by atoms with E-state index in [0.717, 1.165) is 36.0 Å². The number of aliphatic imine (C=N–C) groups is 1. The molecule has 0 N–H and O–H groups in total. The highest BCUT2D eigenvalue weighted by Gasteiger charge is 2.29. The van der Waals surface area contributed by atoms with Crippen LogP contribution in [0.2, 0.25) is 0 Å². The summed E-state index contributed by atoms with van der Waals surface area (Å²) in [5, 5.41) is 0.806. The van der Waals surface area contributed by atoms with Gasteiger partial charge in [0.1, 0.15) is 11.9 Å². The van der Waals surface area contributed by atoms with Crippen LogP contribution in [0.5, 0.6) is 5.75 Å². The lowest BCUT2D eigenvalue weighted by molar-refractivity contribution is 0.0680. The zero-order chi connectivity index (χ0) is 16.9. The highest BCUT2D eigenvalue weighted by Crippen LogP contribution is 2.29. The molecule has 0 aromatic heterocycles. The number of hydrogen-bond donors (Lipinski definition) is 0. The zero-order valence-corrected chi connectivity index (χ0v) is 14.9. The first-order valence-corrected chi connectivity index (χ1v) is 8.68. The molecule has 1 fully saturated rings. The first kappa shape index (κ1) is 16.9. The Bertz CT molecular complexity index is 655. The maximum atomic E-state index is 6.47. The van der Waals surface area contributed by atoms with Gasteiger partial charge >= 0.3 is 0 Å². The topological polar surface area (TPSA) is 34.1 Å². The first-order chi connectivity index (χ1) is 11.7. The molecule has 24 heavy (non-hydrogen) atoms. The SMILES string of the molecule is COC1=CC(N2CCC(Oc3ccccc3)C(C)C2)=C(Cl)CC=N1. The molecule has 3 rings (SSSR count). The lowest BCUT2D eigenvalue weighted by Gasteiger charge is -2.39. The minimum Gasteiger partial charge on any atom is -0.490 e. The minimum absolute atomic E-state index is 0.218. The summed E-state index contributed by atoms with van der Waals surface area (Å²) in [5.74, 6) is 1.93. The maximum Gasteiger partial charge on any atom is 0.214 e. The second-order valence-electron chi connectivity index (χ2n) is 6.17. The fraction of sp³-hybridized carbons (Fsp3) is 0.421. The average Bonchev–Trinajstić information content (AvgIpc) is 2.79. The fourth-order valence-electron chi connectivity index (χ4n) is 3.12. The van der Waals surface area contributed by atoms with Gasteiger partial charge < -0.3 is 14.4 Å². The van der Waals surface area contributed by atoms with Crippen LogP contribution >= 0.6 is 11.6 Å². The number of piperidine rings is 1. The molecule has 2 atom stereocenters. The summed E-state index contributed by atoms with van der Waals surface area (Å²) in [6, 6.07) is 10.0. The summed E-state index contributed by atoms with van der Waals surface area (Å²) in [6.07, 6.45) is 5.53. The number of methoxy groups -OCH3 is 1. The van der Waals surface area contributed by atoms with Crippen molar-refractivity contribution in [1.29, 1.82) is 0 Å². The van der Waals surface area contributed by atoms with E-state index in [2.05, 4.69) is 16.8 Å². The molecule has 1 saturated heterocycles. The summed E-state index contributed by atoms with van der Waals surface area (Å²) in [5.41, 5.74) is 1.01. The van der Waals surface area contributed by atoms with E-state index >= 15 is 0 Å². The number of nitrogens with zero attached hydrogens (tertiary/aromatic N) is 2. The Labute approximate surface area is 148 Å². The van der Waals surface area contributed by atoms with E-state index < -0.39 is 0 Å². The number of halogens is 1. The van der Waals surface area contributed by atoms with Gasteiger partial charge in [-0.1, -0.05) is 36.7 Å². The number of hydrogen-bond acceptors (Lipinski definition) is 4. The van der Waals surface area contributed by atoms with Crippen LogP contribution < -0.4 is 4.74 Å². The third-order valence-electron chi connectivity index (χ3n) is 4.43. The number of para-hydroxylation sites is 1. The molecule has 5 heteroatoms. The van der Waals surface area contributed by atoms with E-state index in [1.165, 1.54) is 0 Å². The van der Waals surface area contributed by atoms with Gasteiger partial charge in [0.05, 0.1) is 12.8 Å². The monoisotopic (exact) mass is 346 g/mol. The van der Waals surface area contributed by atoms with Crippen LogP contribution in [-0.2, 0) is 4.74 Å². The lowest BCUT2D eigenvalue weighted by Crippen LogP contribution is -2.43. The van der Waals surface area contributed by atoms with Crippen molar-refractivity contribution in [3.05, 3.63) is 53.0 Å². The van der Waals surface area contributed by atoms with Crippen LogP contribution in [-0.4, -0.2) is 37.4 Å². The van der Waals surface area contributed by atoms with Crippen LogP contribution in [0.4, 0.5) is 0 Å². The Morgan fingerprint density at radius 2 is 2.04 bits per heavy atom. The van der Waals surface area contributed by atoms with E-state index in [1.807, 2.05) is 36.4 Å². The summed E-state index contributed by atoms with van der Waals surface area (Å²) in [7, 11) is 1.63. The molecule has 0 spiro atoms. The van der Waals surface area contributed by atoms with Crippen molar-refractivity contribution in [1.82, 2.24) is 4.90 Å². The highest BCUT2D eigenvalue weighted by molar-refractivity contribution is 6.31. The Morgan fingerprint density at radius 1 is 1.25 bits per heavy atom. The van der Waals surface area contributed by atoms with Crippen LogP contribution in [0.25, 0.3) is 0 Å². The minimum atomic E-state index is 0.218. The van der Waals surface area contributed by atoms with Crippen molar-refractivity contribution >= 4 is 17.8 Å². The number of benzene rings is 1. The van der Waals surface area contributed by atoms with Gasteiger partial charge in [-0.3, -0.25) is 0 Å². The summed E-state index contributed by atoms with van der Waals surface area (Å²) >= 11 is 6.47. The third kappa shape index (κ3) is 3.93. The Morgan fingerprint density at radius 3 is 2.75 bits per heavy atom. The highest BCUT2D eigenvalue weighted by atomic mass is 35.5. The van der Waals surface area contributed by atoms with Gasteiger partial charge in [-0.25, -0.2) is 4.99 Å². The zero-order valence-electron chi connectivity index (χ0n) is 14.1.